The number of carbonyl (C=O) groups excluding carboxylic acids is 1. The summed E-state index contributed by atoms with van der Waals surface area (Å²) in [6.07, 6.45) is 0. The number of hydrogen-bond donors (Lipinski definition) is 1. The molecule has 1 N–H and O–H groups in total. The molecule has 0 radical (unpaired) electrons. The lowest BCUT2D eigenvalue weighted by Crippen LogP contribution is -2.35. The van der Waals surface area contributed by atoms with E-state index in [2.05, 4.69) is 34.5 Å². The molecule has 4 nitrogen and oxygen atoms in total. The molecule has 1 amide bonds. The maximum atomic E-state index is 12.3. The first-order chi connectivity index (χ1) is 12.7. The molecule has 0 unspecified atom stereocenters. The third kappa shape index (κ3) is 5.87. The number of nitrogens with zero attached hydrogens (tertiary/aromatic N) is 1. The highest BCUT2D eigenvalue weighted by Crippen LogP contribution is 2.22. The van der Waals surface area contributed by atoms with Crippen molar-refractivity contribution < 1.29 is 9.53 Å². The molecule has 1 saturated heterocycles. The molecule has 5 heteroatoms. The van der Waals surface area contributed by atoms with Gasteiger partial charge in [-0.25, -0.2) is 0 Å². The lowest BCUT2D eigenvalue weighted by molar-refractivity contribution is -0.120. The highest BCUT2D eigenvalue weighted by Gasteiger charge is 2.14. The largest absolute Gasteiger partial charge is 0.379 e. The molecule has 0 spiro atoms. The van der Waals surface area contributed by atoms with E-state index in [4.69, 9.17) is 4.74 Å². The molecule has 0 saturated carbocycles. The first kappa shape index (κ1) is 19.0. The smallest absolute Gasteiger partial charge is 0.233 e. The summed E-state index contributed by atoms with van der Waals surface area (Å²) in [4.78, 5) is 15.8. The minimum Gasteiger partial charge on any atom is -0.379 e. The predicted molar refractivity (Wildman–Crippen MR) is 106 cm³/mol. The second kappa shape index (κ2) is 9.76. The van der Waals surface area contributed by atoms with Crippen molar-refractivity contribution in [2.45, 2.75) is 30.2 Å². The van der Waals surface area contributed by atoms with Crippen LogP contribution < -0.4 is 5.32 Å². The quantitative estimate of drug-likeness (QED) is 0.759. The maximum Gasteiger partial charge on any atom is 0.233 e. The SMILES string of the molecule is C[C@@H](Sc1ccccc1)C(=O)NCc1ccc(CN2CCOCC2)cc1. The van der Waals surface area contributed by atoms with E-state index in [0.717, 1.165) is 43.3 Å². The number of benzene rings is 2. The fourth-order valence-corrected chi connectivity index (χ4v) is 3.78. The Bertz CT molecular complexity index is 685. The molecule has 3 rings (SSSR count). The van der Waals surface area contributed by atoms with Gasteiger partial charge in [0, 0.05) is 31.1 Å². The van der Waals surface area contributed by atoms with Gasteiger partial charge in [-0.15, -0.1) is 11.8 Å². The molecule has 2 aromatic carbocycles. The third-order valence-corrected chi connectivity index (χ3v) is 5.54. The fourth-order valence-electron chi connectivity index (χ4n) is 2.87. The summed E-state index contributed by atoms with van der Waals surface area (Å²) in [7, 11) is 0. The van der Waals surface area contributed by atoms with E-state index in [1.807, 2.05) is 37.3 Å². The molecule has 2 aromatic rings. The Morgan fingerprint density at radius 2 is 1.73 bits per heavy atom. The Hall–Kier alpha value is -1.82. The van der Waals surface area contributed by atoms with E-state index in [-0.39, 0.29) is 11.2 Å². The molecule has 1 heterocycles. The van der Waals surface area contributed by atoms with Gasteiger partial charge in [0.2, 0.25) is 5.91 Å². The molecule has 0 aromatic heterocycles. The van der Waals surface area contributed by atoms with Gasteiger partial charge in [0.15, 0.2) is 0 Å². The highest BCUT2D eigenvalue weighted by molar-refractivity contribution is 8.00. The summed E-state index contributed by atoms with van der Waals surface area (Å²) in [5.41, 5.74) is 2.43. The van der Waals surface area contributed by atoms with Crippen molar-refractivity contribution in [1.29, 1.82) is 0 Å². The van der Waals surface area contributed by atoms with Crippen molar-refractivity contribution in [1.82, 2.24) is 10.2 Å². The van der Waals surface area contributed by atoms with Crippen LogP contribution in [0.5, 0.6) is 0 Å². The summed E-state index contributed by atoms with van der Waals surface area (Å²) in [6.45, 7) is 7.10. The topological polar surface area (TPSA) is 41.6 Å². The number of rotatable bonds is 7. The van der Waals surface area contributed by atoms with Gasteiger partial charge in [-0.05, 0) is 30.2 Å². The average molecular weight is 371 g/mol. The second-order valence-electron chi connectivity index (χ2n) is 6.50. The number of carbonyl (C=O) groups is 1. The zero-order chi connectivity index (χ0) is 18.2. The van der Waals surface area contributed by atoms with Crippen LogP contribution in [0, 0.1) is 0 Å². The number of morpholine rings is 1. The van der Waals surface area contributed by atoms with Gasteiger partial charge in [-0.3, -0.25) is 9.69 Å². The highest BCUT2D eigenvalue weighted by atomic mass is 32.2. The van der Waals surface area contributed by atoms with E-state index in [9.17, 15) is 4.79 Å². The van der Waals surface area contributed by atoms with Gasteiger partial charge >= 0.3 is 0 Å². The second-order valence-corrected chi connectivity index (χ2v) is 7.91. The summed E-state index contributed by atoms with van der Waals surface area (Å²) < 4.78 is 5.38. The third-order valence-electron chi connectivity index (χ3n) is 4.42. The Morgan fingerprint density at radius 1 is 1.08 bits per heavy atom. The van der Waals surface area contributed by atoms with Crippen LogP contribution >= 0.6 is 11.8 Å². The van der Waals surface area contributed by atoms with Gasteiger partial charge < -0.3 is 10.1 Å². The Morgan fingerprint density at radius 3 is 2.42 bits per heavy atom. The zero-order valence-corrected chi connectivity index (χ0v) is 16.0. The summed E-state index contributed by atoms with van der Waals surface area (Å²) in [5.74, 6) is 0.0660. The fraction of sp³-hybridized carbons (Fsp3) is 0.381. The van der Waals surface area contributed by atoms with Crippen molar-refractivity contribution in [2.24, 2.45) is 0 Å². The Kier molecular flexibility index (Phi) is 7.12. The van der Waals surface area contributed by atoms with E-state index in [1.54, 1.807) is 11.8 Å². The maximum absolute atomic E-state index is 12.3. The van der Waals surface area contributed by atoms with E-state index in [1.165, 1.54) is 5.56 Å². The predicted octanol–water partition coefficient (Wildman–Crippen LogP) is 3.32. The van der Waals surface area contributed by atoms with Gasteiger partial charge in [-0.1, -0.05) is 42.5 Å². The Labute approximate surface area is 159 Å². The van der Waals surface area contributed by atoms with Crippen molar-refractivity contribution >= 4 is 17.7 Å². The van der Waals surface area contributed by atoms with Crippen LogP contribution in [0.2, 0.25) is 0 Å². The molecule has 0 aliphatic carbocycles. The Balaban J connectivity index is 1.44. The normalized spacial score (nSPS) is 16.2. The summed E-state index contributed by atoms with van der Waals surface area (Å²) >= 11 is 1.58. The van der Waals surface area contributed by atoms with Crippen molar-refractivity contribution in [3.05, 3.63) is 65.7 Å². The van der Waals surface area contributed by atoms with Gasteiger partial charge in [0.05, 0.1) is 18.5 Å². The van der Waals surface area contributed by atoms with Crippen LogP contribution in [0.25, 0.3) is 0 Å². The summed E-state index contributed by atoms with van der Waals surface area (Å²) in [5, 5.41) is 2.92. The number of thioether (sulfide) groups is 1. The van der Waals surface area contributed by atoms with Crippen LogP contribution in [-0.2, 0) is 22.6 Å². The van der Waals surface area contributed by atoms with Crippen molar-refractivity contribution in [3.63, 3.8) is 0 Å². The first-order valence-electron chi connectivity index (χ1n) is 9.08. The first-order valence-corrected chi connectivity index (χ1v) is 9.96. The monoisotopic (exact) mass is 370 g/mol. The van der Waals surface area contributed by atoms with Crippen LogP contribution in [0.3, 0.4) is 0 Å². The molecule has 26 heavy (non-hydrogen) atoms. The molecule has 0 bridgehead atoms. The molecular weight excluding hydrogens is 344 g/mol. The van der Waals surface area contributed by atoms with Crippen LogP contribution in [0.15, 0.2) is 59.5 Å². The van der Waals surface area contributed by atoms with Crippen molar-refractivity contribution in [2.75, 3.05) is 26.3 Å². The lowest BCUT2D eigenvalue weighted by atomic mass is 10.1. The van der Waals surface area contributed by atoms with E-state index in [0.29, 0.717) is 6.54 Å². The molecule has 1 fully saturated rings. The number of amides is 1. The minimum absolute atomic E-state index is 0.0660. The standard InChI is InChI=1S/C21H26N2O2S/c1-17(26-20-5-3-2-4-6-20)21(24)22-15-18-7-9-19(10-8-18)16-23-11-13-25-14-12-23/h2-10,17H,11-16H2,1H3,(H,22,24)/t17-/m1/s1. The zero-order valence-electron chi connectivity index (χ0n) is 15.2. The number of hydrogen-bond acceptors (Lipinski definition) is 4. The molecule has 1 aliphatic heterocycles. The van der Waals surface area contributed by atoms with Gasteiger partial charge in [-0.2, -0.15) is 0 Å². The van der Waals surface area contributed by atoms with E-state index >= 15 is 0 Å². The number of nitrogens with one attached hydrogen (secondary N) is 1. The van der Waals surface area contributed by atoms with Gasteiger partial charge in [0.25, 0.3) is 0 Å². The van der Waals surface area contributed by atoms with Crippen LogP contribution in [0.1, 0.15) is 18.1 Å². The molecule has 1 aliphatic rings. The van der Waals surface area contributed by atoms with Crippen LogP contribution in [-0.4, -0.2) is 42.4 Å². The van der Waals surface area contributed by atoms with Crippen LogP contribution in [0.4, 0.5) is 0 Å². The molecular formula is C21H26N2O2S. The number of ether oxygens (including phenoxy) is 1. The lowest BCUT2D eigenvalue weighted by Gasteiger charge is -2.26. The minimum atomic E-state index is -0.113. The summed E-state index contributed by atoms with van der Waals surface area (Å²) in [6, 6.07) is 18.5. The average Bonchev–Trinajstić information content (AvgIpc) is 2.69. The molecule has 138 valence electrons. The van der Waals surface area contributed by atoms with Crippen molar-refractivity contribution in [3.8, 4) is 0 Å². The van der Waals surface area contributed by atoms with Gasteiger partial charge in [0.1, 0.15) is 0 Å². The molecule has 1 atom stereocenters. The van der Waals surface area contributed by atoms with E-state index < -0.39 is 0 Å².